The minimum Gasteiger partial charge on any atom is -0.480 e. The van der Waals surface area contributed by atoms with E-state index in [0.717, 1.165) is 5.56 Å². The van der Waals surface area contributed by atoms with Gasteiger partial charge in [0.25, 0.3) is 5.91 Å². The Morgan fingerprint density at radius 3 is 2.83 bits per heavy atom. The van der Waals surface area contributed by atoms with E-state index in [4.69, 9.17) is 5.11 Å². The monoisotopic (exact) mass is 266 g/mol. The van der Waals surface area contributed by atoms with Gasteiger partial charge >= 0.3 is 5.97 Å². The zero-order valence-corrected chi connectivity index (χ0v) is 11.0. The van der Waals surface area contributed by atoms with Crippen molar-refractivity contribution in [2.45, 2.75) is 25.3 Å². The van der Waals surface area contributed by atoms with Crippen LogP contribution in [0.2, 0.25) is 0 Å². The Balaban J connectivity index is 2.29. The van der Waals surface area contributed by atoms with Gasteiger partial charge < -0.3 is 10.0 Å². The van der Waals surface area contributed by atoms with E-state index in [2.05, 4.69) is 4.98 Å². The molecular formula is C12H14N2O3S. The molecule has 0 spiro atoms. The topological polar surface area (TPSA) is 70.5 Å². The molecule has 18 heavy (non-hydrogen) atoms. The van der Waals surface area contributed by atoms with Crippen LogP contribution in [0.15, 0.2) is 18.5 Å². The van der Waals surface area contributed by atoms with E-state index in [-0.39, 0.29) is 11.3 Å². The summed E-state index contributed by atoms with van der Waals surface area (Å²) >= 11 is 1.47. The van der Waals surface area contributed by atoms with Gasteiger partial charge in [-0.1, -0.05) is 0 Å². The highest BCUT2D eigenvalue weighted by molar-refractivity contribution is 8.00. The van der Waals surface area contributed by atoms with Crippen molar-refractivity contribution in [3.8, 4) is 0 Å². The number of aryl methyl sites for hydroxylation is 1. The van der Waals surface area contributed by atoms with Gasteiger partial charge in [0, 0.05) is 18.1 Å². The lowest BCUT2D eigenvalue weighted by Crippen LogP contribution is -2.44. The lowest BCUT2D eigenvalue weighted by molar-refractivity contribution is -0.141. The summed E-state index contributed by atoms with van der Waals surface area (Å²) in [5.74, 6) is -0.793. The summed E-state index contributed by atoms with van der Waals surface area (Å²) in [7, 11) is 0. The van der Waals surface area contributed by atoms with Gasteiger partial charge in [0.2, 0.25) is 0 Å². The maximum Gasteiger partial charge on any atom is 0.327 e. The Hall–Kier alpha value is -1.56. The standard InChI is InChI=1S/C12H14N2O3S/c1-7-3-9(5-13-4-7)11(15)14-8(2)18-6-10(14)12(16)17/h3-5,8,10H,6H2,1-2H3,(H,16,17). The largest absolute Gasteiger partial charge is 0.480 e. The molecule has 5 nitrogen and oxygen atoms in total. The van der Waals surface area contributed by atoms with Crippen LogP contribution in [0.1, 0.15) is 22.8 Å². The molecule has 1 amide bonds. The highest BCUT2D eigenvalue weighted by atomic mass is 32.2. The Morgan fingerprint density at radius 2 is 2.22 bits per heavy atom. The van der Waals surface area contributed by atoms with Gasteiger partial charge in [0.1, 0.15) is 6.04 Å². The van der Waals surface area contributed by atoms with E-state index in [1.165, 1.54) is 22.9 Å². The van der Waals surface area contributed by atoms with E-state index in [0.29, 0.717) is 11.3 Å². The van der Waals surface area contributed by atoms with Crippen molar-refractivity contribution in [2.75, 3.05) is 5.75 Å². The first-order valence-corrected chi connectivity index (χ1v) is 6.64. The van der Waals surface area contributed by atoms with E-state index in [1.807, 2.05) is 13.8 Å². The maximum absolute atomic E-state index is 12.3. The number of pyridine rings is 1. The molecule has 2 heterocycles. The molecule has 1 fully saturated rings. The number of hydrogen-bond acceptors (Lipinski definition) is 4. The number of carbonyl (C=O) groups is 2. The summed E-state index contributed by atoms with van der Waals surface area (Å²) < 4.78 is 0. The number of aromatic nitrogens is 1. The molecule has 1 N–H and O–H groups in total. The van der Waals surface area contributed by atoms with Crippen molar-refractivity contribution >= 4 is 23.6 Å². The molecule has 1 aliphatic rings. The molecule has 1 aliphatic heterocycles. The van der Waals surface area contributed by atoms with Crippen molar-refractivity contribution in [3.63, 3.8) is 0 Å². The van der Waals surface area contributed by atoms with E-state index >= 15 is 0 Å². The van der Waals surface area contributed by atoms with E-state index < -0.39 is 12.0 Å². The Morgan fingerprint density at radius 1 is 1.50 bits per heavy atom. The third-order valence-electron chi connectivity index (χ3n) is 2.86. The van der Waals surface area contributed by atoms with Gasteiger partial charge in [-0.05, 0) is 25.5 Å². The summed E-state index contributed by atoms with van der Waals surface area (Å²) in [6.45, 7) is 3.69. The van der Waals surface area contributed by atoms with Crippen LogP contribution in [0.25, 0.3) is 0 Å². The summed E-state index contributed by atoms with van der Waals surface area (Å²) in [5.41, 5.74) is 1.32. The minimum absolute atomic E-state index is 0.126. The zero-order valence-electron chi connectivity index (χ0n) is 10.2. The van der Waals surface area contributed by atoms with Crippen LogP contribution in [0.5, 0.6) is 0 Å². The van der Waals surface area contributed by atoms with Crippen LogP contribution in [-0.2, 0) is 4.79 Å². The molecule has 96 valence electrons. The average Bonchev–Trinajstić information content (AvgIpc) is 2.70. The Kier molecular flexibility index (Phi) is 3.56. The van der Waals surface area contributed by atoms with Gasteiger partial charge in [-0.15, -0.1) is 11.8 Å². The summed E-state index contributed by atoms with van der Waals surface area (Å²) in [6, 6.07) is 0.974. The summed E-state index contributed by atoms with van der Waals surface area (Å²) in [4.78, 5) is 28.9. The lowest BCUT2D eigenvalue weighted by Gasteiger charge is -2.24. The number of nitrogens with zero attached hydrogens (tertiary/aromatic N) is 2. The third-order valence-corrected chi connectivity index (χ3v) is 4.08. The first kappa shape index (κ1) is 12.9. The third kappa shape index (κ3) is 2.33. The van der Waals surface area contributed by atoms with Gasteiger partial charge in [-0.3, -0.25) is 9.78 Å². The molecule has 0 saturated carbocycles. The molecule has 1 aromatic rings. The number of hydrogen-bond donors (Lipinski definition) is 1. The molecule has 2 rings (SSSR count). The Bertz CT molecular complexity index is 492. The fourth-order valence-corrected chi connectivity index (χ4v) is 3.13. The number of rotatable bonds is 2. The van der Waals surface area contributed by atoms with Crippen molar-refractivity contribution in [2.24, 2.45) is 0 Å². The number of aliphatic carboxylic acids is 1. The second-order valence-corrected chi connectivity index (χ2v) is 5.60. The fraction of sp³-hybridized carbons (Fsp3) is 0.417. The Labute approximate surface area is 109 Å². The molecule has 2 unspecified atom stereocenters. The van der Waals surface area contributed by atoms with Crippen LogP contribution in [-0.4, -0.2) is 44.0 Å². The predicted molar refractivity (Wildman–Crippen MR) is 68.5 cm³/mol. The summed E-state index contributed by atoms with van der Waals surface area (Å²) in [6.07, 6.45) is 3.14. The van der Waals surface area contributed by atoms with E-state index in [9.17, 15) is 9.59 Å². The van der Waals surface area contributed by atoms with Crippen molar-refractivity contribution in [1.82, 2.24) is 9.88 Å². The van der Waals surface area contributed by atoms with Crippen molar-refractivity contribution < 1.29 is 14.7 Å². The second-order valence-electron chi connectivity index (χ2n) is 4.25. The first-order valence-electron chi connectivity index (χ1n) is 5.59. The molecular weight excluding hydrogens is 252 g/mol. The normalized spacial score (nSPS) is 23.1. The minimum atomic E-state index is -0.958. The van der Waals surface area contributed by atoms with Gasteiger partial charge in [-0.2, -0.15) is 0 Å². The molecule has 2 atom stereocenters. The summed E-state index contributed by atoms with van der Waals surface area (Å²) in [5, 5.41) is 9.00. The van der Waals surface area contributed by atoms with Crippen LogP contribution in [0.3, 0.4) is 0 Å². The van der Waals surface area contributed by atoms with Crippen LogP contribution in [0, 0.1) is 6.92 Å². The van der Waals surface area contributed by atoms with Crippen molar-refractivity contribution in [3.05, 3.63) is 29.6 Å². The number of amides is 1. The SMILES string of the molecule is Cc1cncc(C(=O)N2C(C)SCC2C(=O)O)c1. The fourth-order valence-electron chi connectivity index (χ4n) is 1.96. The maximum atomic E-state index is 12.3. The van der Waals surface area contributed by atoms with Crippen LogP contribution in [0.4, 0.5) is 0 Å². The molecule has 6 heteroatoms. The lowest BCUT2D eigenvalue weighted by atomic mass is 10.1. The highest BCUT2D eigenvalue weighted by Crippen LogP contribution is 2.30. The van der Waals surface area contributed by atoms with E-state index in [1.54, 1.807) is 12.3 Å². The van der Waals surface area contributed by atoms with Crippen molar-refractivity contribution in [1.29, 1.82) is 0 Å². The van der Waals surface area contributed by atoms with Gasteiger partial charge in [-0.25, -0.2) is 4.79 Å². The van der Waals surface area contributed by atoms with Gasteiger partial charge in [0.05, 0.1) is 10.9 Å². The molecule has 0 radical (unpaired) electrons. The zero-order chi connectivity index (χ0) is 13.3. The molecule has 1 aromatic heterocycles. The quantitative estimate of drug-likeness (QED) is 0.875. The second kappa shape index (κ2) is 4.97. The average molecular weight is 266 g/mol. The van der Waals surface area contributed by atoms with Gasteiger partial charge in [0.15, 0.2) is 0 Å². The van der Waals surface area contributed by atoms with Crippen LogP contribution >= 0.6 is 11.8 Å². The number of carboxylic acids is 1. The number of thioether (sulfide) groups is 1. The highest BCUT2D eigenvalue weighted by Gasteiger charge is 2.39. The molecule has 0 aliphatic carbocycles. The molecule has 0 bridgehead atoms. The number of carbonyl (C=O) groups excluding carboxylic acids is 1. The smallest absolute Gasteiger partial charge is 0.327 e. The predicted octanol–water partition coefficient (Wildman–Crippen LogP) is 1.38. The number of carboxylic acid groups (broad SMARTS) is 1. The first-order chi connectivity index (χ1) is 8.50. The molecule has 1 saturated heterocycles. The van der Waals surface area contributed by atoms with Crippen LogP contribution < -0.4 is 0 Å². The molecule has 0 aromatic carbocycles.